The van der Waals surface area contributed by atoms with Gasteiger partial charge in [-0.15, -0.1) is 0 Å². The Morgan fingerprint density at radius 2 is 2.10 bits per heavy atom. The minimum absolute atomic E-state index is 0.0967. The van der Waals surface area contributed by atoms with Crippen LogP contribution in [0.4, 0.5) is 0 Å². The molecule has 1 aliphatic carbocycles. The number of morpholine rings is 1. The highest BCUT2D eigenvalue weighted by molar-refractivity contribution is 5.03. The van der Waals surface area contributed by atoms with Gasteiger partial charge in [-0.2, -0.15) is 0 Å². The van der Waals surface area contributed by atoms with E-state index in [9.17, 15) is 5.11 Å². The molecule has 2 fully saturated rings. The predicted molar refractivity (Wildman–Crippen MR) is 81.9 cm³/mol. The Bertz CT molecular complexity index is 296. The highest BCUT2D eigenvalue weighted by Gasteiger charge is 2.46. The molecule has 0 spiro atoms. The van der Waals surface area contributed by atoms with Gasteiger partial charge in [0.1, 0.15) is 0 Å². The van der Waals surface area contributed by atoms with Gasteiger partial charge in [-0.25, -0.2) is 0 Å². The Morgan fingerprint density at radius 1 is 1.35 bits per heavy atom. The molecule has 20 heavy (non-hydrogen) atoms. The maximum absolute atomic E-state index is 10.0. The Morgan fingerprint density at radius 3 is 2.65 bits per heavy atom. The standard InChI is InChI=1S/C16H32N2O2/c1-4-8-17-16(12-19,14-6-7-14)11-18-9-13(3)20-10-15(18)5-2/h13-15,17,19H,4-12H2,1-3H3. The summed E-state index contributed by atoms with van der Waals surface area (Å²) in [5.41, 5.74) is -0.0967. The largest absolute Gasteiger partial charge is 0.394 e. The van der Waals surface area contributed by atoms with Gasteiger partial charge in [-0.05, 0) is 45.1 Å². The second-order valence-electron chi connectivity index (χ2n) is 6.65. The fraction of sp³-hybridized carbons (Fsp3) is 1.00. The summed E-state index contributed by atoms with van der Waals surface area (Å²) in [6.07, 6.45) is 5.05. The summed E-state index contributed by atoms with van der Waals surface area (Å²) in [5.74, 6) is 0.648. The van der Waals surface area contributed by atoms with E-state index in [0.29, 0.717) is 18.1 Å². The van der Waals surface area contributed by atoms with Crippen molar-refractivity contribution >= 4 is 0 Å². The maximum Gasteiger partial charge on any atom is 0.0674 e. The SMILES string of the molecule is CCCNC(CO)(CN1CC(C)OCC1CC)C1CC1. The summed E-state index contributed by atoms with van der Waals surface area (Å²) in [6, 6.07) is 0.499. The fourth-order valence-electron chi connectivity index (χ4n) is 3.42. The zero-order chi connectivity index (χ0) is 14.6. The van der Waals surface area contributed by atoms with E-state index in [4.69, 9.17) is 4.74 Å². The molecule has 1 aliphatic heterocycles. The van der Waals surface area contributed by atoms with Crippen molar-refractivity contribution in [1.82, 2.24) is 10.2 Å². The Kier molecular flexibility index (Phi) is 5.84. The summed E-state index contributed by atoms with van der Waals surface area (Å²) in [4.78, 5) is 2.55. The van der Waals surface area contributed by atoms with Gasteiger partial charge in [-0.3, -0.25) is 4.90 Å². The lowest BCUT2D eigenvalue weighted by Crippen LogP contribution is -2.62. The number of hydrogen-bond donors (Lipinski definition) is 2. The summed E-state index contributed by atoms with van der Waals surface area (Å²) in [7, 11) is 0. The van der Waals surface area contributed by atoms with Crippen LogP contribution in [0.1, 0.15) is 46.5 Å². The van der Waals surface area contributed by atoms with Crippen LogP contribution in [0.5, 0.6) is 0 Å². The van der Waals surface area contributed by atoms with Crippen molar-refractivity contribution in [2.75, 3.05) is 32.8 Å². The lowest BCUT2D eigenvalue weighted by molar-refractivity contribution is -0.0701. The molecule has 2 N–H and O–H groups in total. The van der Waals surface area contributed by atoms with Gasteiger partial charge in [-0.1, -0.05) is 13.8 Å². The number of rotatable bonds is 8. The van der Waals surface area contributed by atoms with Crippen LogP contribution in [0.15, 0.2) is 0 Å². The Balaban J connectivity index is 2.04. The lowest BCUT2D eigenvalue weighted by Gasteiger charge is -2.45. The van der Waals surface area contributed by atoms with Gasteiger partial charge in [0, 0.05) is 19.1 Å². The molecule has 0 radical (unpaired) electrons. The lowest BCUT2D eigenvalue weighted by atomic mass is 9.91. The van der Waals surface area contributed by atoms with Crippen LogP contribution >= 0.6 is 0 Å². The van der Waals surface area contributed by atoms with Crippen molar-refractivity contribution < 1.29 is 9.84 Å². The normalized spacial score (nSPS) is 31.2. The molecule has 1 saturated heterocycles. The van der Waals surface area contributed by atoms with Gasteiger partial charge in [0.2, 0.25) is 0 Å². The molecule has 118 valence electrons. The molecular formula is C16H32N2O2. The monoisotopic (exact) mass is 284 g/mol. The average molecular weight is 284 g/mol. The van der Waals surface area contributed by atoms with E-state index < -0.39 is 0 Å². The van der Waals surface area contributed by atoms with Gasteiger partial charge >= 0.3 is 0 Å². The minimum atomic E-state index is -0.0967. The van der Waals surface area contributed by atoms with Crippen molar-refractivity contribution in [3.05, 3.63) is 0 Å². The van der Waals surface area contributed by atoms with Crippen LogP contribution in [-0.4, -0.2) is 60.5 Å². The van der Waals surface area contributed by atoms with Gasteiger partial charge in [0.05, 0.1) is 24.9 Å². The highest BCUT2D eigenvalue weighted by Crippen LogP contribution is 2.40. The van der Waals surface area contributed by atoms with Crippen LogP contribution in [-0.2, 0) is 4.74 Å². The summed E-state index contributed by atoms with van der Waals surface area (Å²) in [5, 5.41) is 13.7. The zero-order valence-corrected chi connectivity index (χ0v) is 13.4. The number of ether oxygens (including phenoxy) is 1. The molecule has 1 heterocycles. The Hall–Kier alpha value is -0.160. The smallest absolute Gasteiger partial charge is 0.0674 e. The van der Waals surface area contributed by atoms with Gasteiger partial charge in [0.15, 0.2) is 0 Å². The molecular weight excluding hydrogens is 252 g/mol. The van der Waals surface area contributed by atoms with Crippen molar-refractivity contribution in [2.24, 2.45) is 5.92 Å². The average Bonchev–Trinajstić information content (AvgIpc) is 3.29. The number of aliphatic hydroxyl groups excluding tert-OH is 1. The maximum atomic E-state index is 10.0. The van der Waals surface area contributed by atoms with Crippen LogP contribution < -0.4 is 5.32 Å². The molecule has 4 nitrogen and oxygen atoms in total. The summed E-state index contributed by atoms with van der Waals surface area (Å²) >= 11 is 0. The third-order valence-corrected chi connectivity index (χ3v) is 4.91. The first-order chi connectivity index (χ1) is 9.65. The van der Waals surface area contributed by atoms with E-state index in [2.05, 4.69) is 31.0 Å². The molecule has 0 bridgehead atoms. The van der Waals surface area contributed by atoms with E-state index in [1.165, 1.54) is 12.8 Å². The van der Waals surface area contributed by atoms with Gasteiger partial charge < -0.3 is 15.2 Å². The Labute approximate surface area is 123 Å². The molecule has 0 aromatic heterocycles. The molecule has 0 amide bonds. The van der Waals surface area contributed by atoms with Gasteiger partial charge in [0.25, 0.3) is 0 Å². The summed E-state index contributed by atoms with van der Waals surface area (Å²) in [6.45, 7) is 10.6. The van der Waals surface area contributed by atoms with Crippen LogP contribution in [0, 0.1) is 5.92 Å². The van der Waals surface area contributed by atoms with Crippen molar-refractivity contribution in [1.29, 1.82) is 0 Å². The molecule has 0 aromatic carbocycles. The van der Waals surface area contributed by atoms with Crippen LogP contribution in [0.25, 0.3) is 0 Å². The van der Waals surface area contributed by atoms with E-state index in [1.807, 2.05) is 0 Å². The van der Waals surface area contributed by atoms with Crippen molar-refractivity contribution in [3.8, 4) is 0 Å². The molecule has 4 heteroatoms. The van der Waals surface area contributed by atoms with E-state index in [0.717, 1.165) is 39.1 Å². The van der Waals surface area contributed by atoms with Crippen LogP contribution in [0.2, 0.25) is 0 Å². The number of aliphatic hydroxyl groups is 1. The van der Waals surface area contributed by atoms with Crippen molar-refractivity contribution in [3.63, 3.8) is 0 Å². The number of hydrogen-bond acceptors (Lipinski definition) is 4. The van der Waals surface area contributed by atoms with Crippen LogP contribution in [0.3, 0.4) is 0 Å². The molecule has 0 aromatic rings. The third-order valence-electron chi connectivity index (χ3n) is 4.91. The molecule has 3 atom stereocenters. The third kappa shape index (κ3) is 3.73. The second-order valence-corrected chi connectivity index (χ2v) is 6.65. The van der Waals surface area contributed by atoms with Crippen molar-refractivity contribution in [2.45, 2.75) is 64.1 Å². The highest BCUT2D eigenvalue weighted by atomic mass is 16.5. The first kappa shape index (κ1) is 16.2. The molecule has 1 saturated carbocycles. The first-order valence-corrected chi connectivity index (χ1v) is 8.36. The number of nitrogens with zero attached hydrogens (tertiary/aromatic N) is 1. The number of nitrogens with one attached hydrogen (secondary N) is 1. The van der Waals surface area contributed by atoms with E-state index in [1.54, 1.807) is 0 Å². The summed E-state index contributed by atoms with van der Waals surface area (Å²) < 4.78 is 5.79. The second kappa shape index (κ2) is 7.21. The predicted octanol–water partition coefficient (Wildman–Crippen LogP) is 1.63. The quantitative estimate of drug-likeness (QED) is 0.711. The zero-order valence-electron chi connectivity index (χ0n) is 13.4. The van der Waals surface area contributed by atoms with E-state index in [-0.39, 0.29) is 12.1 Å². The fourth-order valence-corrected chi connectivity index (χ4v) is 3.42. The first-order valence-electron chi connectivity index (χ1n) is 8.36. The molecule has 3 unspecified atom stereocenters. The molecule has 2 aliphatic rings. The molecule has 2 rings (SSSR count). The minimum Gasteiger partial charge on any atom is -0.394 e. The van der Waals surface area contributed by atoms with E-state index >= 15 is 0 Å². The topological polar surface area (TPSA) is 44.7 Å².